The maximum atomic E-state index is 14.4. The van der Waals surface area contributed by atoms with E-state index in [1.165, 1.54) is 21.3 Å². The summed E-state index contributed by atoms with van der Waals surface area (Å²) >= 11 is 0. The second-order valence-electron chi connectivity index (χ2n) is 15.3. The quantitative estimate of drug-likeness (QED) is 0.0933. The number of esters is 1. The van der Waals surface area contributed by atoms with Crippen LogP contribution in [-0.2, 0) is 30.3 Å². The first-order chi connectivity index (χ1) is 28.7. The molecule has 0 unspecified atom stereocenters. The van der Waals surface area contributed by atoms with Gasteiger partial charge in [0, 0.05) is 19.6 Å². The molecule has 1 saturated heterocycles. The number of amides is 3. The summed E-state index contributed by atoms with van der Waals surface area (Å²) in [5.41, 5.74) is 1.64. The van der Waals surface area contributed by atoms with Crippen molar-refractivity contribution in [3.8, 4) is 34.5 Å². The minimum absolute atomic E-state index is 0.178. The van der Waals surface area contributed by atoms with Crippen molar-refractivity contribution in [3.63, 3.8) is 0 Å². The number of nitrogens with one attached hydrogen (secondary N) is 2. The van der Waals surface area contributed by atoms with Crippen LogP contribution in [-0.4, -0.2) is 102 Å². The Kier molecular flexibility index (Phi) is 17.6. The minimum atomic E-state index is -0.807. The summed E-state index contributed by atoms with van der Waals surface area (Å²) in [7, 11) is 7.72. The molecule has 0 saturated carbocycles. The molecular weight excluding hydrogens is 775 g/mol. The van der Waals surface area contributed by atoms with E-state index in [0.717, 1.165) is 18.4 Å². The summed E-state index contributed by atoms with van der Waals surface area (Å²) in [6.07, 6.45) is 2.00. The number of methoxy groups -OCH3 is 5. The van der Waals surface area contributed by atoms with Gasteiger partial charge < -0.3 is 53.4 Å². The Balaban J connectivity index is 1.53. The maximum absolute atomic E-state index is 14.4. The van der Waals surface area contributed by atoms with Gasteiger partial charge in [0.05, 0.1) is 41.5 Å². The van der Waals surface area contributed by atoms with Crippen molar-refractivity contribution >= 4 is 23.9 Å². The predicted molar refractivity (Wildman–Crippen MR) is 224 cm³/mol. The molecule has 3 aromatic rings. The zero-order chi connectivity index (χ0) is 43.8. The van der Waals surface area contributed by atoms with E-state index >= 15 is 0 Å². The first-order valence-electron chi connectivity index (χ1n) is 20.2. The van der Waals surface area contributed by atoms with Gasteiger partial charge in [-0.05, 0) is 112 Å². The van der Waals surface area contributed by atoms with Crippen molar-refractivity contribution in [1.29, 1.82) is 0 Å². The highest BCUT2D eigenvalue weighted by molar-refractivity contribution is 5.89. The first kappa shape index (κ1) is 46.8. The van der Waals surface area contributed by atoms with Gasteiger partial charge in [-0.3, -0.25) is 9.59 Å². The zero-order valence-electron chi connectivity index (χ0n) is 36.3. The van der Waals surface area contributed by atoms with E-state index in [4.69, 9.17) is 37.9 Å². The molecule has 1 heterocycles. The van der Waals surface area contributed by atoms with Crippen molar-refractivity contribution < 1.29 is 57.1 Å². The fraction of sp³-hybridized carbons (Fsp3) is 0.511. The van der Waals surface area contributed by atoms with Gasteiger partial charge in [-0.2, -0.15) is 0 Å². The van der Waals surface area contributed by atoms with E-state index in [0.29, 0.717) is 77.9 Å². The number of likely N-dealkylation sites (tertiary alicyclic amines) is 1. The average Bonchev–Trinajstić information content (AvgIpc) is 3.24. The van der Waals surface area contributed by atoms with Crippen molar-refractivity contribution in [2.75, 3.05) is 61.8 Å². The fourth-order valence-corrected chi connectivity index (χ4v) is 7.03. The molecule has 0 aromatic heterocycles. The second-order valence-corrected chi connectivity index (χ2v) is 15.3. The summed E-state index contributed by atoms with van der Waals surface area (Å²) in [4.78, 5) is 54.9. The summed E-state index contributed by atoms with van der Waals surface area (Å²) < 4.78 is 45.0. The van der Waals surface area contributed by atoms with Crippen LogP contribution in [0.5, 0.6) is 34.5 Å². The number of carbonyl (C=O) groups excluding carboxylic acids is 4. The second kappa shape index (κ2) is 22.5. The number of nitrogens with zero attached hydrogens (tertiary/aromatic N) is 1. The number of piperidine rings is 1. The first-order valence-corrected chi connectivity index (χ1v) is 20.2. The van der Waals surface area contributed by atoms with Crippen LogP contribution in [0.4, 0.5) is 4.79 Å². The minimum Gasteiger partial charge on any atom is -0.493 e. The summed E-state index contributed by atoms with van der Waals surface area (Å²) in [6.45, 7) is 7.70. The molecule has 1 fully saturated rings. The maximum Gasteiger partial charge on any atom is 0.407 e. The van der Waals surface area contributed by atoms with Crippen LogP contribution in [0.1, 0.15) is 88.5 Å². The lowest BCUT2D eigenvalue weighted by molar-refractivity contribution is -0.162. The van der Waals surface area contributed by atoms with Gasteiger partial charge in [-0.25, -0.2) is 9.59 Å². The van der Waals surface area contributed by atoms with E-state index in [-0.39, 0.29) is 31.5 Å². The van der Waals surface area contributed by atoms with Crippen LogP contribution in [0, 0.1) is 0 Å². The third kappa shape index (κ3) is 13.1. The normalized spacial score (nSPS) is 14.8. The molecule has 0 bridgehead atoms. The Labute approximate surface area is 353 Å². The van der Waals surface area contributed by atoms with Gasteiger partial charge in [-0.1, -0.05) is 25.1 Å². The third-order valence-electron chi connectivity index (χ3n) is 9.97. The van der Waals surface area contributed by atoms with E-state index in [2.05, 4.69) is 10.6 Å². The Morgan fingerprint density at radius 1 is 0.783 bits per heavy atom. The highest BCUT2D eigenvalue weighted by atomic mass is 16.6. The Hall–Kier alpha value is -5.86. The molecular formula is C45H61N3O12. The number of hydrogen-bond acceptors (Lipinski definition) is 12. The Morgan fingerprint density at radius 3 is 2.10 bits per heavy atom. The number of alkyl carbamates (subject to hydrolysis) is 1. The molecule has 15 nitrogen and oxygen atoms in total. The molecule has 60 heavy (non-hydrogen) atoms. The zero-order valence-corrected chi connectivity index (χ0v) is 36.3. The topological polar surface area (TPSA) is 169 Å². The fourth-order valence-electron chi connectivity index (χ4n) is 7.03. The molecule has 1 aliphatic rings. The van der Waals surface area contributed by atoms with Crippen molar-refractivity contribution in [2.24, 2.45) is 0 Å². The van der Waals surface area contributed by atoms with Crippen LogP contribution in [0.25, 0.3) is 0 Å². The van der Waals surface area contributed by atoms with Crippen molar-refractivity contribution in [1.82, 2.24) is 15.5 Å². The average molecular weight is 836 g/mol. The van der Waals surface area contributed by atoms with Gasteiger partial charge >= 0.3 is 12.1 Å². The van der Waals surface area contributed by atoms with E-state index < -0.39 is 35.7 Å². The monoisotopic (exact) mass is 835 g/mol. The van der Waals surface area contributed by atoms with Gasteiger partial charge in [0.1, 0.15) is 23.5 Å². The van der Waals surface area contributed by atoms with E-state index in [9.17, 15) is 19.2 Å². The van der Waals surface area contributed by atoms with Crippen LogP contribution in [0.15, 0.2) is 54.6 Å². The largest absolute Gasteiger partial charge is 0.493 e. The highest BCUT2D eigenvalue weighted by Crippen LogP contribution is 2.41. The smallest absolute Gasteiger partial charge is 0.407 e. The number of carbonyl (C=O) groups is 4. The van der Waals surface area contributed by atoms with Crippen LogP contribution in [0.2, 0.25) is 0 Å². The van der Waals surface area contributed by atoms with Crippen LogP contribution in [0.3, 0.4) is 0 Å². The van der Waals surface area contributed by atoms with Crippen molar-refractivity contribution in [3.05, 3.63) is 71.3 Å². The molecule has 15 heteroatoms. The molecule has 3 amide bonds. The van der Waals surface area contributed by atoms with Gasteiger partial charge in [0.25, 0.3) is 5.91 Å². The summed E-state index contributed by atoms with van der Waals surface area (Å²) in [5.74, 6) is 1.19. The molecule has 0 spiro atoms. The lowest BCUT2D eigenvalue weighted by atomic mass is 9.91. The molecule has 4 rings (SSSR count). The number of hydrogen-bond donors (Lipinski definition) is 2. The van der Waals surface area contributed by atoms with E-state index in [1.54, 1.807) is 70.2 Å². The predicted octanol–water partition coefficient (Wildman–Crippen LogP) is 6.54. The Bertz CT molecular complexity index is 1890. The molecule has 0 radical (unpaired) electrons. The molecule has 0 aliphatic carbocycles. The number of aryl methyl sites for hydroxylation is 1. The molecule has 3 aromatic carbocycles. The SMILES string of the molecule is CC[C@H](C(=O)N1CCCC[C@H]1C(=O)O[C@H](CCc1ccc(OC)c(OC)c1)c1cccc(OCC(=O)NCCNC(=O)OC(C)(C)C)c1)c1cc(OC)c(OC)c(OC)c1. The molecule has 3 atom stereocenters. The highest BCUT2D eigenvalue weighted by Gasteiger charge is 2.38. The van der Waals surface area contributed by atoms with Gasteiger partial charge in [0.15, 0.2) is 29.6 Å². The lowest BCUT2D eigenvalue weighted by Gasteiger charge is -2.37. The number of rotatable bonds is 20. The third-order valence-corrected chi connectivity index (χ3v) is 9.97. The van der Waals surface area contributed by atoms with Crippen molar-refractivity contribution in [2.45, 2.75) is 89.9 Å². The van der Waals surface area contributed by atoms with Gasteiger partial charge in [0.2, 0.25) is 11.7 Å². The molecule has 2 N–H and O–H groups in total. The lowest BCUT2D eigenvalue weighted by Crippen LogP contribution is -2.50. The van der Waals surface area contributed by atoms with Crippen LogP contribution < -0.4 is 39.1 Å². The summed E-state index contributed by atoms with van der Waals surface area (Å²) in [5, 5.41) is 5.30. The van der Waals surface area contributed by atoms with Crippen LogP contribution >= 0.6 is 0 Å². The molecule has 328 valence electrons. The van der Waals surface area contributed by atoms with Gasteiger partial charge in [-0.15, -0.1) is 0 Å². The number of benzene rings is 3. The Morgan fingerprint density at radius 2 is 1.47 bits per heavy atom. The standard InChI is InChI=1S/C45H61N3O12/c1-10-33(31-26-38(55-7)41(57-9)39(27-31)56-8)42(50)48-23-12-11-16-34(48)43(51)59-35(19-17-29-18-20-36(53-5)37(24-29)54-6)30-14-13-15-32(25-30)58-28-40(49)46-21-22-47-44(52)60-45(2,3)4/h13-15,18,20,24-27,33-35H,10-12,16-17,19,21-23,28H2,1-9H3,(H,46,49)(H,47,52)/t33-,34-,35+/m0/s1. The van der Waals surface area contributed by atoms with E-state index in [1.807, 2.05) is 31.2 Å². The number of ether oxygens (including phenoxy) is 8. The molecule has 1 aliphatic heterocycles. The summed E-state index contributed by atoms with van der Waals surface area (Å²) in [6, 6.07) is 15.4.